The van der Waals surface area contributed by atoms with E-state index in [4.69, 9.17) is 4.74 Å². The summed E-state index contributed by atoms with van der Waals surface area (Å²) < 4.78 is 4.89. The van der Waals surface area contributed by atoms with Crippen LogP contribution >= 0.6 is 0 Å². The van der Waals surface area contributed by atoms with Crippen molar-refractivity contribution in [2.24, 2.45) is 0 Å². The normalized spacial score (nSPS) is 11.5. The Morgan fingerprint density at radius 3 is 0.979 bits per heavy atom. The number of carbonyl (C=O) groups is 1. The van der Waals surface area contributed by atoms with Gasteiger partial charge in [-0.25, -0.2) is 4.79 Å². The predicted octanol–water partition coefficient (Wildman–Crippen LogP) is 14.8. The van der Waals surface area contributed by atoms with E-state index in [0.717, 1.165) is 6.54 Å². The molecular formula is C45H83NO2. The standard InChI is InChI=1S/C45H83NO2/c1-4-6-8-10-12-14-16-18-20-22-24-26-28-30-32-34-40-46(42-43-36-38-44(39-37-43)45(47)48-3)41-35-33-31-29-27-25-23-21-19-17-15-13-11-9-7-5-2/h36-39H,4-35,40-42H2,1-3H3. The molecule has 0 radical (unpaired) electrons. The average molecular weight is 670 g/mol. The number of esters is 1. The molecule has 1 rings (SSSR count). The molecule has 0 unspecified atom stereocenters. The number of hydrogen-bond donors (Lipinski definition) is 0. The summed E-state index contributed by atoms with van der Waals surface area (Å²) in [4.78, 5) is 14.5. The highest BCUT2D eigenvalue weighted by Crippen LogP contribution is 2.17. The Kier molecular flexibility index (Phi) is 33.0. The number of methoxy groups -OCH3 is 1. The Labute approximate surface area is 301 Å². The molecule has 0 saturated carbocycles. The van der Waals surface area contributed by atoms with Crippen LogP contribution in [0.5, 0.6) is 0 Å². The molecule has 0 amide bonds. The molecule has 0 aromatic heterocycles. The summed E-state index contributed by atoms with van der Waals surface area (Å²) >= 11 is 0. The van der Waals surface area contributed by atoms with Crippen LogP contribution in [0.4, 0.5) is 0 Å². The third-order valence-electron chi connectivity index (χ3n) is 10.4. The van der Waals surface area contributed by atoms with Crippen molar-refractivity contribution in [2.45, 2.75) is 226 Å². The van der Waals surface area contributed by atoms with Crippen LogP contribution in [0.25, 0.3) is 0 Å². The number of rotatable bonds is 37. The van der Waals surface area contributed by atoms with Gasteiger partial charge in [0.1, 0.15) is 0 Å². The fraction of sp³-hybridized carbons (Fsp3) is 0.844. The Bertz CT molecular complexity index is 755. The van der Waals surface area contributed by atoms with Crippen molar-refractivity contribution < 1.29 is 9.53 Å². The number of carbonyl (C=O) groups excluding carboxylic acids is 1. The maximum atomic E-state index is 11.9. The lowest BCUT2D eigenvalue weighted by Crippen LogP contribution is -2.25. The highest BCUT2D eigenvalue weighted by atomic mass is 16.5. The first kappa shape index (κ1) is 44.7. The molecule has 0 saturated heterocycles. The number of hydrogen-bond acceptors (Lipinski definition) is 3. The van der Waals surface area contributed by atoms with E-state index in [1.165, 1.54) is 231 Å². The highest BCUT2D eigenvalue weighted by Gasteiger charge is 2.09. The summed E-state index contributed by atoms with van der Waals surface area (Å²) in [7, 11) is 1.45. The van der Waals surface area contributed by atoms with Crippen molar-refractivity contribution in [1.29, 1.82) is 0 Å². The monoisotopic (exact) mass is 670 g/mol. The van der Waals surface area contributed by atoms with Crippen molar-refractivity contribution >= 4 is 5.97 Å². The van der Waals surface area contributed by atoms with Crippen LogP contribution in [0.1, 0.15) is 235 Å². The summed E-state index contributed by atoms with van der Waals surface area (Å²) in [6, 6.07) is 8.06. The molecule has 1 aromatic carbocycles. The van der Waals surface area contributed by atoms with Crippen molar-refractivity contribution in [1.82, 2.24) is 4.90 Å². The summed E-state index contributed by atoms with van der Waals surface area (Å²) in [5.74, 6) is -0.250. The molecule has 0 aliphatic carbocycles. The first-order chi connectivity index (χ1) is 23.7. The minimum absolute atomic E-state index is 0.250. The molecule has 280 valence electrons. The van der Waals surface area contributed by atoms with Gasteiger partial charge in [-0.2, -0.15) is 0 Å². The van der Waals surface area contributed by atoms with Crippen molar-refractivity contribution in [2.75, 3.05) is 20.2 Å². The Balaban J connectivity index is 2.15. The molecule has 3 nitrogen and oxygen atoms in total. The number of nitrogens with zero attached hydrogens (tertiary/aromatic N) is 1. The second-order valence-electron chi connectivity index (χ2n) is 15.1. The van der Waals surface area contributed by atoms with Crippen LogP contribution in [0.2, 0.25) is 0 Å². The quantitative estimate of drug-likeness (QED) is 0.0521. The fourth-order valence-electron chi connectivity index (χ4n) is 7.16. The van der Waals surface area contributed by atoms with Crippen LogP contribution in [0.3, 0.4) is 0 Å². The van der Waals surface area contributed by atoms with E-state index in [1.54, 1.807) is 0 Å². The Morgan fingerprint density at radius 2 is 0.708 bits per heavy atom. The highest BCUT2D eigenvalue weighted by molar-refractivity contribution is 5.89. The van der Waals surface area contributed by atoms with Crippen LogP contribution in [0, 0.1) is 0 Å². The van der Waals surface area contributed by atoms with Gasteiger partial charge in [-0.3, -0.25) is 4.90 Å². The zero-order valence-corrected chi connectivity index (χ0v) is 32.8. The molecule has 0 spiro atoms. The molecule has 0 fully saturated rings. The van der Waals surface area contributed by atoms with Crippen molar-refractivity contribution in [3.05, 3.63) is 35.4 Å². The SMILES string of the molecule is CCCCCCCCCCCCCCCCCCN(CCCCCCCCCCCCCCCCCC)Cc1ccc(C(=O)OC)cc1. The van der Waals surface area contributed by atoms with Gasteiger partial charge in [0, 0.05) is 6.54 Å². The minimum atomic E-state index is -0.250. The van der Waals surface area contributed by atoms with Crippen LogP contribution in [-0.2, 0) is 11.3 Å². The number of unbranched alkanes of at least 4 members (excludes halogenated alkanes) is 30. The largest absolute Gasteiger partial charge is 0.465 e. The minimum Gasteiger partial charge on any atom is -0.465 e. The van der Waals surface area contributed by atoms with Gasteiger partial charge in [0.25, 0.3) is 0 Å². The molecule has 48 heavy (non-hydrogen) atoms. The van der Waals surface area contributed by atoms with Gasteiger partial charge in [-0.1, -0.05) is 219 Å². The molecule has 0 bridgehead atoms. The predicted molar refractivity (Wildman–Crippen MR) is 212 cm³/mol. The summed E-state index contributed by atoms with van der Waals surface area (Å²) in [6.07, 6.45) is 45.4. The van der Waals surface area contributed by atoms with Gasteiger partial charge in [0.15, 0.2) is 0 Å². The van der Waals surface area contributed by atoms with Gasteiger partial charge in [0.2, 0.25) is 0 Å². The molecular weight excluding hydrogens is 587 g/mol. The molecule has 0 heterocycles. The van der Waals surface area contributed by atoms with E-state index in [-0.39, 0.29) is 5.97 Å². The second kappa shape index (κ2) is 35.5. The molecule has 0 aliphatic heterocycles. The first-order valence-electron chi connectivity index (χ1n) is 21.6. The van der Waals surface area contributed by atoms with E-state index in [2.05, 4.69) is 30.9 Å². The third-order valence-corrected chi connectivity index (χ3v) is 10.4. The molecule has 0 N–H and O–H groups in total. The van der Waals surface area contributed by atoms with Crippen LogP contribution in [0.15, 0.2) is 24.3 Å². The third kappa shape index (κ3) is 28.5. The lowest BCUT2D eigenvalue weighted by Gasteiger charge is -2.22. The average Bonchev–Trinajstić information content (AvgIpc) is 3.11. The van der Waals surface area contributed by atoms with Crippen LogP contribution in [-0.4, -0.2) is 31.1 Å². The molecule has 0 aliphatic rings. The number of ether oxygens (including phenoxy) is 1. The summed E-state index contributed by atoms with van der Waals surface area (Å²) in [5.41, 5.74) is 1.94. The lowest BCUT2D eigenvalue weighted by atomic mass is 10.0. The molecule has 0 atom stereocenters. The molecule has 1 aromatic rings. The van der Waals surface area contributed by atoms with Gasteiger partial charge < -0.3 is 4.74 Å². The smallest absolute Gasteiger partial charge is 0.337 e. The summed E-state index contributed by atoms with van der Waals surface area (Å²) in [6.45, 7) is 7.97. The molecule has 3 heteroatoms. The van der Waals surface area contributed by atoms with Crippen LogP contribution < -0.4 is 0 Å². The maximum Gasteiger partial charge on any atom is 0.337 e. The van der Waals surface area contributed by atoms with Gasteiger partial charge in [-0.15, -0.1) is 0 Å². The van der Waals surface area contributed by atoms with E-state index in [1.807, 2.05) is 12.1 Å². The zero-order valence-electron chi connectivity index (χ0n) is 32.8. The lowest BCUT2D eigenvalue weighted by molar-refractivity contribution is 0.0600. The van der Waals surface area contributed by atoms with E-state index >= 15 is 0 Å². The number of benzene rings is 1. The van der Waals surface area contributed by atoms with E-state index in [0.29, 0.717) is 5.56 Å². The van der Waals surface area contributed by atoms with Gasteiger partial charge in [-0.05, 0) is 43.6 Å². The Hall–Kier alpha value is -1.35. The first-order valence-corrected chi connectivity index (χ1v) is 21.6. The van der Waals surface area contributed by atoms with Gasteiger partial charge >= 0.3 is 5.97 Å². The maximum absolute atomic E-state index is 11.9. The van der Waals surface area contributed by atoms with Crippen molar-refractivity contribution in [3.63, 3.8) is 0 Å². The fourth-order valence-corrected chi connectivity index (χ4v) is 7.16. The summed E-state index contributed by atoms with van der Waals surface area (Å²) in [5, 5.41) is 0. The second-order valence-corrected chi connectivity index (χ2v) is 15.1. The Morgan fingerprint density at radius 1 is 0.438 bits per heavy atom. The topological polar surface area (TPSA) is 29.5 Å². The van der Waals surface area contributed by atoms with E-state index < -0.39 is 0 Å². The van der Waals surface area contributed by atoms with Crippen molar-refractivity contribution in [3.8, 4) is 0 Å². The zero-order chi connectivity index (χ0) is 34.6. The van der Waals surface area contributed by atoms with Gasteiger partial charge in [0.05, 0.1) is 12.7 Å². The van der Waals surface area contributed by atoms with E-state index in [9.17, 15) is 4.79 Å².